The van der Waals surface area contributed by atoms with Gasteiger partial charge in [0.2, 0.25) is 0 Å². The highest BCUT2D eigenvalue weighted by molar-refractivity contribution is 14.0. The number of nitrogens with one attached hydrogen (secondary N) is 2. The Morgan fingerprint density at radius 3 is 2.32 bits per heavy atom. The first-order chi connectivity index (χ1) is 10.3. The average molecular weight is 419 g/mol. The van der Waals surface area contributed by atoms with Gasteiger partial charge in [-0.2, -0.15) is 0 Å². The van der Waals surface area contributed by atoms with Crippen LogP contribution in [0, 0.1) is 0 Å². The van der Waals surface area contributed by atoms with Crippen LogP contribution in [0.15, 0.2) is 29.3 Å². The van der Waals surface area contributed by atoms with Crippen LogP contribution < -0.4 is 10.6 Å². The molecule has 0 fully saturated rings. The molecule has 126 valence electrons. The Bertz CT molecular complexity index is 407. The number of halogens is 1. The summed E-state index contributed by atoms with van der Waals surface area (Å²) < 4.78 is 5.39. The highest BCUT2D eigenvalue weighted by atomic mass is 127. The Balaban J connectivity index is 0.00000441. The molecule has 0 radical (unpaired) electrons. The van der Waals surface area contributed by atoms with Crippen molar-refractivity contribution in [2.45, 2.75) is 46.3 Å². The lowest BCUT2D eigenvalue weighted by Gasteiger charge is -2.12. The van der Waals surface area contributed by atoms with Gasteiger partial charge in [0, 0.05) is 26.7 Å². The smallest absolute Gasteiger partial charge is 0.191 e. The first-order valence-electron chi connectivity index (χ1n) is 7.90. The molecule has 0 saturated carbocycles. The summed E-state index contributed by atoms with van der Waals surface area (Å²) in [6, 6.07) is 8.49. The molecule has 0 bridgehead atoms. The number of guanidine groups is 1. The SMILES string of the molecule is CCCCCNC(=NC)NCc1ccc(COCC)cc1.I. The molecule has 1 rings (SSSR count). The zero-order valence-corrected chi connectivity index (χ0v) is 16.4. The van der Waals surface area contributed by atoms with Gasteiger partial charge >= 0.3 is 0 Å². The normalized spacial score (nSPS) is 11.0. The van der Waals surface area contributed by atoms with Gasteiger partial charge in [-0.05, 0) is 24.5 Å². The molecule has 2 N–H and O–H groups in total. The van der Waals surface area contributed by atoms with Crippen molar-refractivity contribution < 1.29 is 4.74 Å². The molecular weight excluding hydrogens is 389 g/mol. The maximum absolute atomic E-state index is 5.39. The lowest BCUT2D eigenvalue weighted by atomic mass is 10.1. The molecule has 0 unspecified atom stereocenters. The topological polar surface area (TPSA) is 45.7 Å². The van der Waals surface area contributed by atoms with Gasteiger partial charge in [-0.3, -0.25) is 4.99 Å². The van der Waals surface area contributed by atoms with Crippen molar-refractivity contribution >= 4 is 29.9 Å². The molecule has 0 aliphatic carbocycles. The van der Waals surface area contributed by atoms with Crippen LogP contribution in [0.1, 0.15) is 44.2 Å². The predicted molar refractivity (Wildman–Crippen MR) is 105 cm³/mol. The largest absolute Gasteiger partial charge is 0.377 e. The molecule has 0 aromatic heterocycles. The third-order valence-corrected chi connectivity index (χ3v) is 3.25. The van der Waals surface area contributed by atoms with Gasteiger partial charge in [0.05, 0.1) is 6.61 Å². The average Bonchev–Trinajstić information content (AvgIpc) is 2.53. The van der Waals surface area contributed by atoms with Crippen LogP contribution in [0.2, 0.25) is 0 Å². The summed E-state index contributed by atoms with van der Waals surface area (Å²) >= 11 is 0. The molecule has 0 spiro atoms. The lowest BCUT2D eigenvalue weighted by molar-refractivity contribution is 0.134. The van der Waals surface area contributed by atoms with E-state index in [1.54, 1.807) is 7.05 Å². The van der Waals surface area contributed by atoms with Crippen LogP contribution in [0.5, 0.6) is 0 Å². The van der Waals surface area contributed by atoms with Crippen molar-refractivity contribution in [1.82, 2.24) is 10.6 Å². The standard InChI is InChI=1S/C17H29N3O.HI/c1-4-6-7-12-19-17(18-3)20-13-15-8-10-16(11-9-15)14-21-5-2;/h8-11H,4-7,12-14H2,1-3H3,(H2,18,19,20);1H. The van der Waals surface area contributed by atoms with E-state index in [1.807, 2.05) is 6.92 Å². The second-order valence-electron chi connectivity index (χ2n) is 5.01. The fourth-order valence-corrected chi connectivity index (χ4v) is 1.96. The van der Waals surface area contributed by atoms with E-state index < -0.39 is 0 Å². The van der Waals surface area contributed by atoms with E-state index in [-0.39, 0.29) is 24.0 Å². The van der Waals surface area contributed by atoms with Crippen LogP contribution in [0.25, 0.3) is 0 Å². The second-order valence-corrected chi connectivity index (χ2v) is 5.01. The highest BCUT2D eigenvalue weighted by Crippen LogP contribution is 2.05. The van der Waals surface area contributed by atoms with Gasteiger partial charge in [0.15, 0.2) is 5.96 Å². The fourth-order valence-electron chi connectivity index (χ4n) is 1.96. The number of hydrogen-bond acceptors (Lipinski definition) is 2. The van der Waals surface area contributed by atoms with Gasteiger partial charge in [0.1, 0.15) is 0 Å². The van der Waals surface area contributed by atoms with Crippen molar-refractivity contribution in [2.75, 3.05) is 20.2 Å². The highest BCUT2D eigenvalue weighted by Gasteiger charge is 1.99. The predicted octanol–water partition coefficient (Wildman–Crippen LogP) is 3.70. The first kappa shape index (κ1) is 21.2. The van der Waals surface area contributed by atoms with E-state index >= 15 is 0 Å². The van der Waals surface area contributed by atoms with E-state index in [0.29, 0.717) is 6.61 Å². The molecule has 5 heteroatoms. The first-order valence-corrected chi connectivity index (χ1v) is 7.90. The summed E-state index contributed by atoms with van der Waals surface area (Å²) in [5.41, 5.74) is 2.45. The molecule has 1 aromatic rings. The minimum Gasteiger partial charge on any atom is -0.377 e. The quantitative estimate of drug-likeness (QED) is 0.278. The van der Waals surface area contributed by atoms with Crippen LogP contribution in [0.3, 0.4) is 0 Å². The summed E-state index contributed by atoms with van der Waals surface area (Å²) in [4.78, 5) is 4.23. The molecule has 0 aliphatic heterocycles. The van der Waals surface area contributed by atoms with Gasteiger partial charge in [-0.25, -0.2) is 0 Å². The monoisotopic (exact) mass is 419 g/mol. The van der Waals surface area contributed by atoms with Crippen LogP contribution >= 0.6 is 24.0 Å². The zero-order valence-electron chi connectivity index (χ0n) is 14.0. The Labute approximate surface area is 152 Å². The minimum atomic E-state index is 0. The number of unbranched alkanes of at least 4 members (excludes halogenated alkanes) is 2. The van der Waals surface area contributed by atoms with Crippen LogP contribution in [0.4, 0.5) is 0 Å². The van der Waals surface area contributed by atoms with E-state index in [1.165, 1.54) is 30.4 Å². The maximum Gasteiger partial charge on any atom is 0.191 e. The van der Waals surface area contributed by atoms with Gasteiger partial charge in [-0.1, -0.05) is 44.0 Å². The molecule has 0 heterocycles. The van der Waals surface area contributed by atoms with E-state index in [4.69, 9.17) is 4.74 Å². The minimum absolute atomic E-state index is 0. The van der Waals surface area contributed by atoms with Crippen molar-refractivity contribution in [3.05, 3.63) is 35.4 Å². The molecular formula is C17H30IN3O. The van der Waals surface area contributed by atoms with Crippen molar-refractivity contribution in [3.8, 4) is 0 Å². The summed E-state index contributed by atoms with van der Waals surface area (Å²) in [5, 5.41) is 6.67. The van der Waals surface area contributed by atoms with Gasteiger partial charge in [0.25, 0.3) is 0 Å². The number of benzene rings is 1. The van der Waals surface area contributed by atoms with Crippen molar-refractivity contribution in [2.24, 2.45) is 4.99 Å². The molecule has 0 amide bonds. The number of nitrogens with zero attached hydrogens (tertiary/aromatic N) is 1. The summed E-state index contributed by atoms with van der Waals surface area (Å²) in [6.07, 6.45) is 3.68. The number of ether oxygens (including phenoxy) is 1. The summed E-state index contributed by atoms with van der Waals surface area (Å²) in [5.74, 6) is 0.865. The number of aliphatic imine (C=N–C) groups is 1. The molecule has 0 aliphatic rings. The third kappa shape index (κ3) is 9.25. The van der Waals surface area contributed by atoms with Gasteiger partial charge in [-0.15, -0.1) is 24.0 Å². The lowest BCUT2D eigenvalue weighted by Crippen LogP contribution is -2.37. The molecule has 0 atom stereocenters. The Morgan fingerprint density at radius 2 is 1.73 bits per heavy atom. The van der Waals surface area contributed by atoms with E-state index in [2.05, 4.69) is 46.8 Å². The molecule has 0 saturated heterocycles. The maximum atomic E-state index is 5.39. The second kappa shape index (κ2) is 13.8. The van der Waals surface area contributed by atoms with Crippen molar-refractivity contribution in [1.29, 1.82) is 0 Å². The Hall–Kier alpha value is -0.820. The zero-order chi connectivity index (χ0) is 15.3. The molecule has 1 aromatic carbocycles. The van der Waals surface area contributed by atoms with E-state index in [9.17, 15) is 0 Å². The fraction of sp³-hybridized carbons (Fsp3) is 0.588. The number of hydrogen-bond donors (Lipinski definition) is 2. The van der Waals surface area contributed by atoms with Gasteiger partial charge < -0.3 is 15.4 Å². The van der Waals surface area contributed by atoms with E-state index in [0.717, 1.165) is 25.7 Å². The van der Waals surface area contributed by atoms with Crippen LogP contribution in [-0.2, 0) is 17.9 Å². The Morgan fingerprint density at radius 1 is 1.05 bits per heavy atom. The Kier molecular flexibility index (Phi) is 13.3. The summed E-state index contributed by atoms with van der Waals surface area (Å²) in [7, 11) is 1.81. The number of rotatable bonds is 9. The van der Waals surface area contributed by atoms with Crippen molar-refractivity contribution in [3.63, 3.8) is 0 Å². The third-order valence-electron chi connectivity index (χ3n) is 3.25. The van der Waals surface area contributed by atoms with Crippen LogP contribution in [-0.4, -0.2) is 26.2 Å². The summed E-state index contributed by atoms with van der Waals surface area (Å²) in [6.45, 7) is 7.41. The molecule has 4 nitrogen and oxygen atoms in total. The molecule has 22 heavy (non-hydrogen) atoms.